The van der Waals surface area contributed by atoms with Gasteiger partial charge in [-0.05, 0) is 43.2 Å². The largest absolute Gasteiger partial charge is 0.529 e. The van der Waals surface area contributed by atoms with Crippen molar-refractivity contribution in [3.63, 3.8) is 0 Å². The Morgan fingerprint density at radius 3 is 2.25 bits per heavy atom. The minimum atomic E-state index is -4.62. The number of amides is 1. The molecule has 4 aromatic rings. The second-order valence-corrected chi connectivity index (χ2v) is 10.7. The molecule has 0 atom stereocenters. The summed E-state index contributed by atoms with van der Waals surface area (Å²) in [5, 5.41) is 10.8. The first kappa shape index (κ1) is 33.2. The molecule has 16 heteroatoms. The van der Waals surface area contributed by atoms with Crippen molar-refractivity contribution in [3.05, 3.63) is 70.4 Å². The standard InChI is InChI=1S/C24H23ClF3N5O4S.2ClH/c1-4-21-30-19-11-17(24(26,27)28)18(25)12-20(19)33(21)16-7-5-15(6-8-16)9-10-32(23(34)35)38(36,37)22-13-31(3)14(2)29-22;;/h5-8,11-13H,4,9-10H2,1-3H3,(H,34,35);2*1H/p-1. The lowest BCUT2D eigenvalue weighted by atomic mass is 10.1. The van der Waals surface area contributed by atoms with E-state index in [2.05, 4.69) is 9.97 Å². The Bertz CT molecular complexity index is 1620. The molecular weight excluding hydrogens is 618 g/mol. The van der Waals surface area contributed by atoms with E-state index in [-0.39, 0.29) is 41.1 Å². The summed E-state index contributed by atoms with van der Waals surface area (Å²) in [5.74, 6) is 0.912. The highest BCUT2D eigenvalue weighted by Gasteiger charge is 2.34. The number of aromatic nitrogens is 4. The van der Waals surface area contributed by atoms with E-state index in [0.717, 1.165) is 6.07 Å². The average Bonchev–Trinajstić information content (AvgIpc) is 3.37. The van der Waals surface area contributed by atoms with E-state index < -0.39 is 44.4 Å². The van der Waals surface area contributed by atoms with Crippen LogP contribution in [0.15, 0.2) is 47.6 Å². The maximum atomic E-state index is 13.3. The minimum Gasteiger partial charge on any atom is -0.529 e. The van der Waals surface area contributed by atoms with Gasteiger partial charge in [-0.3, -0.25) is 4.57 Å². The van der Waals surface area contributed by atoms with E-state index >= 15 is 0 Å². The molecule has 2 heterocycles. The van der Waals surface area contributed by atoms with Gasteiger partial charge >= 0.3 is 6.18 Å². The van der Waals surface area contributed by atoms with Crippen LogP contribution in [0.4, 0.5) is 18.0 Å². The van der Waals surface area contributed by atoms with Crippen molar-refractivity contribution in [2.75, 3.05) is 6.54 Å². The predicted molar refractivity (Wildman–Crippen MR) is 146 cm³/mol. The molecule has 0 aliphatic heterocycles. The number of hydrogen-bond donors (Lipinski definition) is 0. The number of carbonyl (C=O) groups is 1. The van der Waals surface area contributed by atoms with Gasteiger partial charge in [-0.1, -0.05) is 30.7 Å². The fourth-order valence-electron chi connectivity index (χ4n) is 4.01. The van der Waals surface area contributed by atoms with E-state index in [1.54, 1.807) is 42.8 Å². The van der Waals surface area contributed by atoms with Crippen molar-refractivity contribution in [1.29, 1.82) is 0 Å². The lowest BCUT2D eigenvalue weighted by Crippen LogP contribution is -2.46. The van der Waals surface area contributed by atoms with E-state index in [1.165, 1.54) is 16.8 Å². The van der Waals surface area contributed by atoms with Crippen LogP contribution in [0.5, 0.6) is 0 Å². The first-order valence-corrected chi connectivity index (χ1v) is 13.2. The molecule has 0 radical (unpaired) electrons. The third-order valence-corrected chi connectivity index (χ3v) is 8.03. The van der Waals surface area contributed by atoms with Crippen LogP contribution in [-0.4, -0.2) is 44.5 Å². The number of sulfonamides is 1. The molecule has 0 spiro atoms. The fourth-order valence-corrected chi connectivity index (χ4v) is 5.56. The van der Waals surface area contributed by atoms with Crippen molar-refractivity contribution >= 4 is 63.6 Å². The monoisotopic (exact) mass is 640 g/mol. The minimum absolute atomic E-state index is 0. The van der Waals surface area contributed by atoms with Gasteiger partial charge in [-0.2, -0.15) is 21.6 Å². The molecule has 4 rings (SSSR count). The number of fused-ring (bicyclic) bond motifs is 1. The summed E-state index contributed by atoms with van der Waals surface area (Å²) in [6, 6.07) is 8.83. The first-order chi connectivity index (χ1) is 17.7. The molecule has 0 saturated heterocycles. The van der Waals surface area contributed by atoms with Gasteiger partial charge in [0.25, 0.3) is 10.0 Å². The summed E-state index contributed by atoms with van der Waals surface area (Å²) >= 11 is 5.94. The number of halogens is 6. The van der Waals surface area contributed by atoms with Gasteiger partial charge in [0.15, 0.2) is 11.1 Å². The second-order valence-electron chi connectivity index (χ2n) is 8.53. The third-order valence-electron chi connectivity index (χ3n) is 6.08. The van der Waals surface area contributed by atoms with E-state index in [0.29, 0.717) is 34.8 Å². The van der Waals surface area contributed by atoms with Crippen LogP contribution in [0, 0.1) is 6.92 Å². The lowest BCUT2D eigenvalue weighted by molar-refractivity contribution is -0.259. The van der Waals surface area contributed by atoms with Gasteiger partial charge in [0.2, 0.25) is 0 Å². The van der Waals surface area contributed by atoms with Crippen molar-refractivity contribution in [2.24, 2.45) is 7.05 Å². The molecule has 0 N–H and O–H groups in total. The summed E-state index contributed by atoms with van der Waals surface area (Å²) in [7, 11) is -2.85. The highest BCUT2D eigenvalue weighted by Crippen LogP contribution is 2.37. The number of imidazole rings is 2. The van der Waals surface area contributed by atoms with Crippen LogP contribution in [0.2, 0.25) is 5.02 Å². The molecule has 9 nitrogen and oxygen atoms in total. The number of hydrogen-bond acceptors (Lipinski definition) is 6. The maximum absolute atomic E-state index is 13.3. The molecule has 0 fully saturated rings. The molecule has 218 valence electrons. The quantitative estimate of drug-likeness (QED) is 0.289. The Balaban J connectivity index is 0.00000280. The fraction of sp³-hybridized carbons (Fsp3) is 0.292. The van der Waals surface area contributed by atoms with Gasteiger partial charge in [0, 0.05) is 31.9 Å². The normalized spacial score (nSPS) is 11.7. The van der Waals surface area contributed by atoms with Gasteiger partial charge in [-0.15, -0.1) is 24.8 Å². The van der Waals surface area contributed by atoms with Crippen LogP contribution in [0.3, 0.4) is 0 Å². The Morgan fingerprint density at radius 1 is 1.12 bits per heavy atom. The number of aryl methyl sites for hydroxylation is 3. The van der Waals surface area contributed by atoms with Gasteiger partial charge in [-0.25, -0.2) is 14.3 Å². The number of carboxylic acid groups (broad SMARTS) is 1. The van der Waals surface area contributed by atoms with Crippen LogP contribution in [0.25, 0.3) is 16.7 Å². The topological polar surface area (TPSA) is 113 Å². The summed E-state index contributed by atoms with van der Waals surface area (Å²) in [6.07, 6.45) is -4.80. The number of nitrogens with zero attached hydrogens (tertiary/aromatic N) is 5. The van der Waals surface area contributed by atoms with Crippen LogP contribution in [0.1, 0.15) is 29.7 Å². The van der Waals surface area contributed by atoms with Gasteiger partial charge in [0.05, 0.1) is 21.6 Å². The second kappa shape index (κ2) is 12.2. The molecule has 0 aliphatic carbocycles. The zero-order valence-corrected chi connectivity index (χ0v) is 24.5. The van der Waals surface area contributed by atoms with Crippen LogP contribution >= 0.6 is 36.4 Å². The number of rotatable bonds is 7. The molecule has 0 saturated carbocycles. The SMILES string of the molecule is CCc1nc2cc(C(F)(F)F)c(Cl)cc2n1-c1ccc(CCN(C(=O)[O-])S(=O)(=O)c2cn(C)c(C)n2)cc1.Cl.Cl. The maximum Gasteiger partial charge on any atom is 0.417 e. The van der Waals surface area contributed by atoms with Crippen LogP contribution < -0.4 is 5.11 Å². The highest BCUT2D eigenvalue weighted by atomic mass is 35.5. The Labute approximate surface area is 245 Å². The van der Waals surface area contributed by atoms with Crippen LogP contribution in [-0.2, 0) is 36.1 Å². The Hall–Kier alpha value is -3.00. The summed E-state index contributed by atoms with van der Waals surface area (Å²) in [5.41, 5.74) is 0.779. The molecular formula is C24H24Cl3F3N5O4S-. The molecule has 2 aromatic carbocycles. The molecule has 2 aromatic heterocycles. The number of benzene rings is 2. The number of alkyl halides is 3. The van der Waals surface area contributed by atoms with Crippen molar-refractivity contribution < 1.29 is 31.5 Å². The molecule has 40 heavy (non-hydrogen) atoms. The Kier molecular flexibility index (Phi) is 10.2. The third kappa shape index (κ3) is 6.32. The van der Waals surface area contributed by atoms with E-state index in [1.807, 2.05) is 6.92 Å². The summed E-state index contributed by atoms with van der Waals surface area (Å²) < 4.78 is 68.9. The lowest BCUT2D eigenvalue weighted by Gasteiger charge is -2.23. The molecule has 0 bridgehead atoms. The van der Waals surface area contributed by atoms with Crippen molar-refractivity contribution in [2.45, 2.75) is 37.9 Å². The van der Waals surface area contributed by atoms with Crippen molar-refractivity contribution in [3.8, 4) is 5.69 Å². The Morgan fingerprint density at radius 2 is 1.75 bits per heavy atom. The predicted octanol–water partition coefficient (Wildman–Crippen LogP) is 4.72. The van der Waals surface area contributed by atoms with Crippen molar-refractivity contribution in [1.82, 2.24) is 23.4 Å². The molecule has 0 aliphatic rings. The van der Waals surface area contributed by atoms with Gasteiger partial charge < -0.3 is 14.5 Å². The first-order valence-electron chi connectivity index (χ1n) is 11.3. The smallest absolute Gasteiger partial charge is 0.417 e. The molecule has 0 unspecified atom stereocenters. The van der Waals surface area contributed by atoms with E-state index in [9.17, 15) is 31.5 Å². The summed E-state index contributed by atoms with van der Waals surface area (Å²) in [4.78, 5) is 19.9. The van der Waals surface area contributed by atoms with Gasteiger partial charge in [0.1, 0.15) is 11.6 Å². The zero-order chi connectivity index (χ0) is 28.0. The molecule has 1 amide bonds. The summed E-state index contributed by atoms with van der Waals surface area (Å²) in [6.45, 7) is 3.00. The average molecular weight is 642 g/mol. The van der Waals surface area contributed by atoms with E-state index in [4.69, 9.17) is 11.6 Å². The zero-order valence-electron chi connectivity index (χ0n) is 21.3. The number of carbonyl (C=O) groups excluding carboxylic acids is 1. The highest BCUT2D eigenvalue weighted by molar-refractivity contribution is 7.89.